The van der Waals surface area contributed by atoms with Crippen LogP contribution in [0.2, 0.25) is 5.02 Å². The second kappa shape index (κ2) is 3.83. The Morgan fingerprint density at radius 2 is 2.06 bits per heavy atom. The molecule has 0 bridgehead atoms. The number of fused-ring (bicyclic) bond motifs is 1. The third kappa shape index (κ3) is 1.57. The normalized spacial score (nSPS) is 10.8. The number of ether oxygens (including phenoxy) is 1. The zero-order valence-electron chi connectivity index (χ0n) is 9.37. The fraction of sp³-hybridized carbons (Fsp3) is 0.250. The number of esters is 1. The topological polar surface area (TPSA) is 31.2 Å². The van der Waals surface area contributed by atoms with Gasteiger partial charge in [-0.2, -0.15) is 0 Å². The minimum Gasteiger partial charge on any atom is -0.464 e. The molecule has 1 aromatic carbocycles. The summed E-state index contributed by atoms with van der Waals surface area (Å²) < 4.78 is 6.51. The van der Waals surface area contributed by atoms with Crippen LogP contribution in [0.5, 0.6) is 0 Å². The van der Waals surface area contributed by atoms with Crippen LogP contribution in [-0.4, -0.2) is 17.6 Å². The molecule has 1 heterocycles. The number of aromatic nitrogens is 1. The van der Waals surface area contributed by atoms with Crippen LogP contribution in [0.3, 0.4) is 0 Å². The molecular weight excluding hydrogens is 226 g/mol. The molecule has 0 aliphatic carbocycles. The van der Waals surface area contributed by atoms with Crippen molar-refractivity contribution in [2.45, 2.75) is 6.92 Å². The number of halogens is 1. The zero-order chi connectivity index (χ0) is 11.9. The summed E-state index contributed by atoms with van der Waals surface area (Å²) in [6, 6.07) is 5.63. The first-order chi connectivity index (χ1) is 7.54. The van der Waals surface area contributed by atoms with E-state index in [1.807, 2.05) is 26.1 Å². The van der Waals surface area contributed by atoms with Gasteiger partial charge in [0, 0.05) is 12.4 Å². The first kappa shape index (κ1) is 11.0. The van der Waals surface area contributed by atoms with Gasteiger partial charge in [0.05, 0.1) is 17.6 Å². The van der Waals surface area contributed by atoms with Crippen molar-refractivity contribution in [3.8, 4) is 0 Å². The van der Waals surface area contributed by atoms with Gasteiger partial charge in [0.1, 0.15) is 5.69 Å². The Morgan fingerprint density at radius 3 is 2.69 bits per heavy atom. The highest BCUT2D eigenvalue weighted by Crippen LogP contribution is 2.28. The number of carbonyl (C=O) groups is 1. The van der Waals surface area contributed by atoms with Crippen LogP contribution in [0.15, 0.2) is 18.2 Å². The molecule has 84 valence electrons. The van der Waals surface area contributed by atoms with Crippen LogP contribution >= 0.6 is 11.6 Å². The maximum atomic E-state index is 11.5. The summed E-state index contributed by atoms with van der Waals surface area (Å²) in [4.78, 5) is 11.5. The Hall–Kier alpha value is -1.48. The number of aryl methyl sites for hydroxylation is 2. The smallest absolute Gasteiger partial charge is 0.354 e. The first-order valence-corrected chi connectivity index (χ1v) is 5.26. The lowest BCUT2D eigenvalue weighted by Gasteiger charge is -2.02. The van der Waals surface area contributed by atoms with Crippen LogP contribution in [0.1, 0.15) is 16.1 Å². The Balaban J connectivity index is 2.77. The molecule has 0 unspecified atom stereocenters. The Labute approximate surface area is 98.6 Å². The fourth-order valence-corrected chi connectivity index (χ4v) is 2.14. The van der Waals surface area contributed by atoms with E-state index in [4.69, 9.17) is 16.3 Å². The van der Waals surface area contributed by atoms with Gasteiger partial charge in [0.25, 0.3) is 0 Å². The predicted molar refractivity (Wildman–Crippen MR) is 64.0 cm³/mol. The third-order valence-corrected chi connectivity index (χ3v) is 2.96. The molecule has 0 spiro atoms. The van der Waals surface area contributed by atoms with E-state index in [0.717, 1.165) is 16.5 Å². The van der Waals surface area contributed by atoms with Gasteiger partial charge in [-0.1, -0.05) is 11.6 Å². The van der Waals surface area contributed by atoms with Gasteiger partial charge < -0.3 is 9.30 Å². The molecule has 2 aromatic rings. The number of hydrogen-bond acceptors (Lipinski definition) is 2. The lowest BCUT2D eigenvalue weighted by Crippen LogP contribution is -2.06. The largest absolute Gasteiger partial charge is 0.464 e. The number of methoxy groups -OCH3 is 1. The van der Waals surface area contributed by atoms with Crippen molar-refractivity contribution in [2.24, 2.45) is 7.05 Å². The molecule has 0 radical (unpaired) electrons. The van der Waals surface area contributed by atoms with Crippen LogP contribution in [0.4, 0.5) is 0 Å². The van der Waals surface area contributed by atoms with Crippen molar-refractivity contribution < 1.29 is 9.53 Å². The molecule has 0 fully saturated rings. The minimum absolute atomic E-state index is 0.354. The highest BCUT2D eigenvalue weighted by atomic mass is 35.5. The number of hydrogen-bond donors (Lipinski definition) is 0. The standard InChI is InChI=1S/C12H12ClNO2/c1-7-4-9(13)8-6-11(12(15)16-3)14(2)10(8)5-7/h4-6H,1-3H3. The van der Waals surface area contributed by atoms with E-state index in [0.29, 0.717) is 10.7 Å². The quantitative estimate of drug-likeness (QED) is 0.714. The van der Waals surface area contributed by atoms with Crippen LogP contribution in [0, 0.1) is 6.92 Å². The Morgan fingerprint density at radius 1 is 1.38 bits per heavy atom. The van der Waals surface area contributed by atoms with Gasteiger partial charge in [-0.15, -0.1) is 0 Å². The average molecular weight is 238 g/mol. The minimum atomic E-state index is -0.354. The van der Waals surface area contributed by atoms with Crippen molar-refractivity contribution in [1.29, 1.82) is 0 Å². The van der Waals surface area contributed by atoms with Gasteiger partial charge in [0.2, 0.25) is 0 Å². The molecule has 0 atom stereocenters. The van der Waals surface area contributed by atoms with E-state index >= 15 is 0 Å². The van der Waals surface area contributed by atoms with Crippen molar-refractivity contribution in [3.05, 3.63) is 34.5 Å². The molecular formula is C12H12ClNO2. The van der Waals surface area contributed by atoms with Crippen molar-refractivity contribution in [3.63, 3.8) is 0 Å². The second-order valence-corrected chi connectivity index (χ2v) is 4.17. The zero-order valence-corrected chi connectivity index (χ0v) is 10.1. The van der Waals surface area contributed by atoms with Gasteiger partial charge in [-0.3, -0.25) is 0 Å². The Bertz CT molecular complexity index is 572. The number of benzene rings is 1. The van der Waals surface area contributed by atoms with E-state index in [1.54, 1.807) is 10.6 Å². The van der Waals surface area contributed by atoms with E-state index < -0.39 is 0 Å². The molecule has 0 N–H and O–H groups in total. The maximum Gasteiger partial charge on any atom is 0.354 e. The Kier molecular flexibility index (Phi) is 2.64. The maximum absolute atomic E-state index is 11.5. The number of rotatable bonds is 1. The van der Waals surface area contributed by atoms with Crippen LogP contribution in [0.25, 0.3) is 10.9 Å². The summed E-state index contributed by atoms with van der Waals surface area (Å²) in [5.41, 5.74) is 2.51. The lowest BCUT2D eigenvalue weighted by atomic mass is 10.2. The van der Waals surface area contributed by atoms with Gasteiger partial charge in [-0.05, 0) is 30.7 Å². The molecule has 3 nitrogen and oxygen atoms in total. The number of carbonyl (C=O) groups excluding carboxylic acids is 1. The second-order valence-electron chi connectivity index (χ2n) is 3.76. The van der Waals surface area contributed by atoms with E-state index in [9.17, 15) is 4.79 Å². The van der Waals surface area contributed by atoms with Crippen molar-refractivity contribution in [1.82, 2.24) is 4.57 Å². The summed E-state index contributed by atoms with van der Waals surface area (Å²) in [5, 5.41) is 1.52. The van der Waals surface area contributed by atoms with Gasteiger partial charge >= 0.3 is 5.97 Å². The summed E-state index contributed by atoms with van der Waals surface area (Å²) in [7, 11) is 3.19. The van der Waals surface area contributed by atoms with Crippen LogP contribution in [-0.2, 0) is 11.8 Å². The highest BCUT2D eigenvalue weighted by molar-refractivity contribution is 6.35. The van der Waals surface area contributed by atoms with E-state index in [-0.39, 0.29) is 5.97 Å². The molecule has 4 heteroatoms. The van der Waals surface area contributed by atoms with E-state index in [1.165, 1.54) is 7.11 Å². The fourth-order valence-electron chi connectivity index (χ4n) is 1.82. The summed E-state index contributed by atoms with van der Waals surface area (Å²) in [6.07, 6.45) is 0. The van der Waals surface area contributed by atoms with Crippen molar-refractivity contribution in [2.75, 3.05) is 7.11 Å². The molecule has 2 rings (SSSR count). The molecule has 1 aromatic heterocycles. The molecule has 0 amide bonds. The summed E-state index contributed by atoms with van der Waals surface area (Å²) in [5.74, 6) is -0.354. The monoisotopic (exact) mass is 237 g/mol. The average Bonchev–Trinajstić information content (AvgIpc) is 2.56. The summed E-state index contributed by atoms with van der Waals surface area (Å²) in [6.45, 7) is 1.97. The van der Waals surface area contributed by atoms with Gasteiger partial charge in [0.15, 0.2) is 0 Å². The van der Waals surface area contributed by atoms with Crippen LogP contribution < -0.4 is 0 Å². The predicted octanol–water partition coefficient (Wildman–Crippen LogP) is 2.93. The number of nitrogens with zero attached hydrogens (tertiary/aromatic N) is 1. The highest BCUT2D eigenvalue weighted by Gasteiger charge is 2.15. The molecule has 0 saturated carbocycles. The first-order valence-electron chi connectivity index (χ1n) is 4.88. The van der Waals surface area contributed by atoms with Crippen molar-refractivity contribution >= 4 is 28.5 Å². The molecule has 0 aliphatic heterocycles. The molecule has 0 saturated heterocycles. The SMILES string of the molecule is COC(=O)c1cc2c(Cl)cc(C)cc2n1C. The molecule has 0 aliphatic rings. The lowest BCUT2D eigenvalue weighted by molar-refractivity contribution is 0.0590. The molecule has 16 heavy (non-hydrogen) atoms. The van der Waals surface area contributed by atoms with Gasteiger partial charge in [-0.25, -0.2) is 4.79 Å². The summed E-state index contributed by atoms with van der Waals surface area (Å²) >= 11 is 6.13. The van der Waals surface area contributed by atoms with E-state index in [2.05, 4.69) is 0 Å². The third-order valence-electron chi connectivity index (χ3n) is 2.65.